The van der Waals surface area contributed by atoms with E-state index in [0.29, 0.717) is 0 Å². The van der Waals surface area contributed by atoms with E-state index >= 15 is 0 Å². The van der Waals surface area contributed by atoms with Crippen molar-refractivity contribution < 1.29 is 9.47 Å². The fourth-order valence-corrected chi connectivity index (χ4v) is 8.83. The molecule has 4 heteroatoms. The lowest BCUT2D eigenvalue weighted by atomic mass is 9.99. The van der Waals surface area contributed by atoms with Crippen LogP contribution in [0.25, 0.3) is 60.9 Å². The average molecular weight is 679 g/mol. The van der Waals surface area contributed by atoms with Gasteiger partial charge in [-0.1, -0.05) is 109 Å². The van der Waals surface area contributed by atoms with Crippen LogP contribution in [0.2, 0.25) is 0 Å². The molecule has 0 amide bonds. The van der Waals surface area contributed by atoms with Gasteiger partial charge in [-0.15, -0.1) is 0 Å². The molecule has 0 spiro atoms. The number of aromatic nitrogens is 1. The van der Waals surface area contributed by atoms with Gasteiger partial charge in [0.05, 0.1) is 11.0 Å². The summed E-state index contributed by atoms with van der Waals surface area (Å²) >= 11 is 0. The molecule has 8 aromatic carbocycles. The zero-order valence-corrected chi connectivity index (χ0v) is 28.6. The first-order chi connectivity index (χ1) is 26.3. The zero-order chi connectivity index (χ0) is 34.6. The molecule has 0 saturated carbocycles. The molecule has 0 N–H and O–H groups in total. The molecule has 0 fully saturated rings. The lowest BCUT2D eigenvalue weighted by Gasteiger charge is -2.28. The first kappa shape index (κ1) is 28.6. The Morgan fingerprint density at radius 2 is 1.06 bits per heavy atom. The SMILES string of the molecule is c1ccc(-c2cccc(N(c3cccc(-c4ccc5c6cccc7c6n6c5c4Oc4cccc(c4-6)O7)c3)c3ccc4c(c3)Cc3ccccc3-4)c2)cc1. The first-order valence-electron chi connectivity index (χ1n) is 18.1. The largest absolute Gasteiger partial charge is 0.453 e. The number of fused-ring (bicyclic) bond motifs is 4. The van der Waals surface area contributed by atoms with Gasteiger partial charge in [-0.25, -0.2) is 0 Å². The minimum absolute atomic E-state index is 0.797. The molecule has 0 unspecified atom stereocenters. The Hall–Kier alpha value is -7.04. The van der Waals surface area contributed by atoms with Gasteiger partial charge in [0.2, 0.25) is 0 Å². The molecule has 1 aromatic heterocycles. The number of hydrogen-bond donors (Lipinski definition) is 0. The van der Waals surface area contributed by atoms with Gasteiger partial charge in [0.1, 0.15) is 5.69 Å². The molecule has 12 rings (SSSR count). The van der Waals surface area contributed by atoms with Crippen LogP contribution in [0.1, 0.15) is 11.1 Å². The van der Waals surface area contributed by atoms with E-state index in [4.69, 9.17) is 9.47 Å². The smallest absolute Gasteiger partial charge is 0.160 e. The van der Waals surface area contributed by atoms with Crippen LogP contribution in [0.3, 0.4) is 0 Å². The van der Waals surface area contributed by atoms with Crippen molar-refractivity contribution in [2.75, 3.05) is 4.90 Å². The molecular formula is C49H30N2O2. The zero-order valence-electron chi connectivity index (χ0n) is 28.6. The summed E-state index contributed by atoms with van der Waals surface area (Å²) in [6.45, 7) is 0. The number of hydrogen-bond acceptors (Lipinski definition) is 3. The fourth-order valence-electron chi connectivity index (χ4n) is 8.83. The normalized spacial score (nSPS) is 12.8. The van der Waals surface area contributed by atoms with E-state index in [2.05, 4.69) is 161 Å². The average Bonchev–Trinajstić information content (AvgIpc) is 3.76. The Bertz CT molecular complexity index is 2990. The van der Waals surface area contributed by atoms with Crippen LogP contribution in [0.15, 0.2) is 170 Å². The molecule has 1 aliphatic carbocycles. The van der Waals surface area contributed by atoms with E-state index in [1.54, 1.807) is 0 Å². The highest BCUT2D eigenvalue weighted by Crippen LogP contribution is 2.56. The van der Waals surface area contributed by atoms with Crippen LogP contribution >= 0.6 is 0 Å². The summed E-state index contributed by atoms with van der Waals surface area (Å²) in [5, 5.41) is 2.31. The van der Waals surface area contributed by atoms with Crippen LogP contribution in [0, 0.1) is 0 Å². The van der Waals surface area contributed by atoms with E-state index in [1.807, 2.05) is 18.2 Å². The van der Waals surface area contributed by atoms with Gasteiger partial charge in [-0.05, 0) is 106 Å². The second-order valence-electron chi connectivity index (χ2n) is 14.1. The monoisotopic (exact) mass is 678 g/mol. The number of nitrogens with zero attached hydrogens (tertiary/aromatic N) is 2. The summed E-state index contributed by atoms with van der Waals surface area (Å²) in [5.41, 5.74) is 16.3. The fraction of sp³-hybridized carbons (Fsp3) is 0.0204. The van der Waals surface area contributed by atoms with Crippen molar-refractivity contribution in [3.63, 3.8) is 0 Å². The van der Waals surface area contributed by atoms with Crippen molar-refractivity contribution in [1.82, 2.24) is 4.57 Å². The highest BCUT2D eigenvalue weighted by Gasteiger charge is 2.33. The number of rotatable bonds is 5. The predicted octanol–water partition coefficient (Wildman–Crippen LogP) is 13.4. The Morgan fingerprint density at radius 3 is 1.94 bits per heavy atom. The number of ether oxygens (including phenoxy) is 2. The summed E-state index contributed by atoms with van der Waals surface area (Å²) < 4.78 is 15.6. The van der Waals surface area contributed by atoms with Gasteiger partial charge >= 0.3 is 0 Å². The lowest BCUT2D eigenvalue weighted by Crippen LogP contribution is -2.11. The Labute approximate surface area is 306 Å². The molecular weight excluding hydrogens is 649 g/mol. The van der Waals surface area contributed by atoms with Gasteiger partial charge in [0.25, 0.3) is 0 Å². The maximum absolute atomic E-state index is 6.88. The maximum atomic E-state index is 6.88. The van der Waals surface area contributed by atoms with Gasteiger partial charge < -0.3 is 14.4 Å². The molecule has 0 radical (unpaired) electrons. The number of anilines is 3. The van der Waals surface area contributed by atoms with Crippen LogP contribution < -0.4 is 14.4 Å². The molecule has 9 aromatic rings. The molecule has 3 aliphatic rings. The summed E-state index contributed by atoms with van der Waals surface area (Å²) in [7, 11) is 0. The molecule has 53 heavy (non-hydrogen) atoms. The quantitative estimate of drug-likeness (QED) is 0.181. The van der Waals surface area contributed by atoms with Crippen molar-refractivity contribution in [1.29, 1.82) is 0 Å². The van der Waals surface area contributed by atoms with E-state index in [9.17, 15) is 0 Å². The summed E-state index contributed by atoms with van der Waals surface area (Å²) in [5.74, 6) is 3.33. The Kier molecular flexibility index (Phi) is 5.80. The van der Waals surface area contributed by atoms with Gasteiger partial charge in [0, 0.05) is 33.4 Å². The summed E-state index contributed by atoms with van der Waals surface area (Å²) in [6.07, 6.45) is 0.932. The van der Waals surface area contributed by atoms with Crippen LogP contribution in [0.4, 0.5) is 17.1 Å². The molecule has 248 valence electrons. The van der Waals surface area contributed by atoms with Gasteiger partial charge in [0.15, 0.2) is 23.0 Å². The van der Waals surface area contributed by atoms with Crippen LogP contribution in [0.5, 0.6) is 23.0 Å². The second kappa shape index (κ2) is 10.7. The molecule has 0 atom stereocenters. The minimum atomic E-state index is 0.797. The molecule has 0 saturated heterocycles. The number of para-hydroxylation sites is 2. The minimum Gasteiger partial charge on any atom is -0.453 e. The van der Waals surface area contributed by atoms with Crippen molar-refractivity contribution >= 4 is 38.9 Å². The van der Waals surface area contributed by atoms with Crippen molar-refractivity contribution in [2.24, 2.45) is 0 Å². The van der Waals surface area contributed by atoms with E-state index < -0.39 is 0 Å². The number of benzene rings is 8. The van der Waals surface area contributed by atoms with Crippen LogP contribution in [-0.4, -0.2) is 4.57 Å². The Balaban J connectivity index is 1.05. The highest BCUT2D eigenvalue weighted by molar-refractivity contribution is 6.16. The van der Waals surface area contributed by atoms with Gasteiger partial charge in [-0.3, -0.25) is 4.57 Å². The maximum Gasteiger partial charge on any atom is 0.160 e. The third-order valence-corrected chi connectivity index (χ3v) is 11.1. The summed E-state index contributed by atoms with van der Waals surface area (Å²) in [4.78, 5) is 2.39. The summed E-state index contributed by atoms with van der Waals surface area (Å²) in [6, 6.07) is 60.9. The van der Waals surface area contributed by atoms with Crippen molar-refractivity contribution in [2.45, 2.75) is 6.42 Å². The highest BCUT2D eigenvalue weighted by atomic mass is 16.5. The first-order valence-corrected chi connectivity index (χ1v) is 18.1. The lowest BCUT2D eigenvalue weighted by molar-refractivity contribution is 0.445. The van der Waals surface area contributed by atoms with E-state index in [1.165, 1.54) is 33.4 Å². The molecule has 4 nitrogen and oxygen atoms in total. The Morgan fingerprint density at radius 1 is 0.415 bits per heavy atom. The third-order valence-electron chi connectivity index (χ3n) is 11.1. The van der Waals surface area contributed by atoms with Crippen LogP contribution in [-0.2, 0) is 6.42 Å². The topological polar surface area (TPSA) is 26.6 Å². The van der Waals surface area contributed by atoms with Crippen molar-refractivity contribution in [3.05, 3.63) is 181 Å². The van der Waals surface area contributed by atoms with Gasteiger partial charge in [-0.2, -0.15) is 0 Å². The third kappa shape index (κ3) is 4.12. The molecule has 3 heterocycles. The standard InChI is InChI=1S/C49H30N2O2/c1-2-10-30(11-3-1)31-13-6-15-35(27-31)50(37-22-23-39-34(29-37)26-32-12-4-5-17-38(32)39)36-16-7-14-33(28-36)40-24-25-42-41-18-8-19-43-46(41)51-47(42)49(40)53-45-21-9-20-44(52-43)48(45)51/h1-25,27-29H,26H2. The molecule has 2 aliphatic heterocycles. The molecule has 0 bridgehead atoms. The second-order valence-corrected chi connectivity index (χ2v) is 14.1. The van der Waals surface area contributed by atoms with E-state index in [0.717, 1.165) is 85.1 Å². The van der Waals surface area contributed by atoms with Crippen molar-refractivity contribution in [3.8, 4) is 62.1 Å². The predicted molar refractivity (Wildman–Crippen MR) is 215 cm³/mol. The van der Waals surface area contributed by atoms with E-state index in [-0.39, 0.29) is 0 Å².